The SMILES string of the molecule is C/C(Br)=C\[C@@H]1Cc2nc(cs2)CCC(=O)CC(=O)O[C@@H](C)C/C(C)=C/C#CC(=O)O1. The molecule has 0 N–H and O–H groups in total. The Hall–Kier alpha value is -2.24. The minimum Gasteiger partial charge on any atom is -0.462 e. The van der Waals surface area contributed by atoms with Gasteiger partial charge in [0.15, 0.2) is 0 Å². The summed E-state index contributed by atoms with van der Waals surface area (Å²) in [7, 11) is 0. The molecule has 0 saturated heterocycles. The Kier molecular flexibility index (Phi) is 9.47. The molecule has 2 atom stereocenters. The van der Waals surface area contributed by atoms with Crippen LogP contribution in [0.2, 0.25) is 0 Å². The summed E-state index contributed by atoms with van der Waals surface area (Å²) in [4.78, 5) is 40.7. The Morgan fingerprint density at radius 3 is 2.77 bits per heavy atom. The van der Waals surface area contributed by atoms with Crippen LogP contribution in [0.4, 0.5) is 0 Å². The van der Waals surface area contributed by atoms with Crippen molar-refractivity contribution in [2.75, 3.05) is 0 Å². The molecule has 8 heteroatoms. The fraction of sp³-hybridized carbons (Fsp3) is 0.455. The molecule has 160 valence electrons. The largest absolute Gasteiger partial charge is 0.462 e. The fourth-order valence-electron chi connectivity index (χ4n) is 2.84. The highest BCUT2D eigenvalue weighted by Crippen LogP contribution is 2.18. The molecule has 0 radical (unpaired) electrons. The van der Waals surface area contributed by atoms with Crippen LogP contribution in [0.15, 0.2) is 27.6 Å². The smallest absolute Gasteiger partial charge is 0.385 e. The standard InChI is InChI=1S/C22H24BrNO5S/c1-14-5-4-6-21(26)29-19(10-15(2)23)12-20-24-17(13-30-20)7-8-18(25)11-22(27)28-16(3)9-14/h5,10,13,16,19H,7-9,11-12H2,1-3H3/b14-5+,15-10+/t16-,19+/m0/s1. The van der Waals surface area contributed by atoms with Gasteiger partial charge in [0, 0.05) is 30.6 Å². The van der Waals surface area contributed by atoms with Crippen molar-refractivity contribution in [3.8, 4) is 11.8 Å². The zero-order valence-electron chi connectivity index (χ0n) is 17.2. The Bertz CT molecular complexity index is 917. The number of carbonyl (C=O) groups is 3. The number of esters is 2. The van der Waals surface area contributed by atoms with Crippen LogP contribution in [0.1, 0.15) is 50.7 Å². The lowest BCUT2D eigenvalue weighted by Crippen LogP contribution is -2.18. The van der Waals surface area contributed by atoms with E-state index in [9.17, 15) is 14.4 Å². The second-order valence-electron chi connectivity index (χ2n) is 7.11. The first-order valence-corrected chi connectivity index (χ1v) is 11.2. The average Bonchev–Trinajstić information content (AvgIpc) is 3.05. The Morgan fingerprint density at radius 2 is 2.03 bits per heavy atom. The molecule has 1 aromatic heterocycles. The van der Waals surface area contributed by atoms with Gasteiger partial charge in [-0.15, -0.1) is 11.3 Å². The first kappa shape index (κ1) is 24.0. The van der Waals surface area contributed by atoms with E-state index in [0.29, 0.717) is 19.3 Å². The highest BCUT2D eigenvalue weighted by atomic mass is 79.9. The van der Waals surface area contributed by atoms with Gasteiger partial charge < -0.3 is 9.47 Å². The monoisotopic (exact) mass is 493 g/mol. The van der Waals surface area contributed by atoms with E-state index in [1.165, 1.54) is 11.3 Å². The number of cyclic esters (lactones) is 2. The number of rotatable bonds is 1. The number of ketones is 1. The van der Waals surface area contributed by atoms with Crippen LogP contribution in [0.3, 0.4) is 0 Å². The molecule has 2 heterocycles. The quantitative estimate of drug-likeness (QED) is 0.253. The van der Waals surface area contributed by atoms with Crippen molar-refractivity contribution in [3.63, 3.8) is 0 Å². The molecule has 6 nitrogen and oxygen atoms in total. The molecule has 0 unspecified atom stereocenters. The maximum Gasteiger partial charge on any atom is 0.385 e. The van der Waals surface area contributed by atoms with Crippen LogP contribution in [-0.4, -0.2) is 34.9 Å². The van der Waals surface area contributed by atoms with E-state index in [1.54, 1.807) is 19.1 Å². The van der Waals surface area contributed by atoms with Crippen molar-refractivity contribution in [2.45, 2.75) is 65.1 Å². The number of nitrogens with zero attached hydrogens (tertiary/aromatic N) is 1. The summed E-state index contributed by atoms with van der Waals surface area (Å²) in [6.07, 6.45) is 3.77. The first-order chi connectivity index (χ1) is 14.2. The van der Waals surface area contributed by atoms with E-state index in [-0.39, 0.29) is 18.6 Å². The van der Waals surface area contributed by atoms with Crippen LogP contribution in [-0.2, 0) is 36.7 Å². The van der Waals surface area contributed by atoms with Crippen LogP contribution in [0, 0.1) is 11.8 Å². The van der Waals surface area contributed by atoms with Crippen molar-refractivity contribution in [3.05, 3.63) is 38.3 Å². The van der Waals surface area contributed by atoms with E-state index in [1.807, 2.05) is 19.2 Å². The third-order valence-corrected chi connectivity index (χ3v) is 5.27. The van der Waals surface area contributed by atoms with Gasteiger partial charge in [0.25, 0.3) is 0 Å². The number of hydrogen-bond donors (Lipinski definition) is 0. The van der Waals surface area contributed by atoms with Crippen molar-refractivity contribution in [1.29, 1.82) is 0 Å². The normalized spacial score (nSPS) is 24.2. The number of hydrogen-bond acceptors (Lipinski definition) is 7. The number of fused-ring (bicyclic) bond motifs is 2. The van der Waals surface area contributed by atoms with E-state index < -0.39 is 24.1 Å². The summed E-state index contributed by atoms with van der Waals surface area (Å²) in [6.45, 7) is 5.43. The molecule has 1 aliphatic rings. The lowest BCUT2D eigenvalue weighted by atomic mass is 10.1. The van der Waals surface area contributed by atoms with Gasteiger partial charge in [-0.2, -0.15) is 0 Å². The molecule has 1 aromatic rings. The molecule has 0 amide bonds. The predicted molar refractivity (Wildman–Crippen MR) is 118 cm³/mol. The number of thiazole rings is 1. The number of allylic oxidation sites excluding steroid dienone is 2. The number of aromatic nitrogens is 1. The first-order valence-electron chi connectivity index (χ1n) is 9.57. The van der Waals surface area contributed by atoms with Crippen molar-refractivity contribution < 1.29 is 23.9 Å². The third kappa shape index (κ3) is 9.06. The van der Waals surface area contributed by atoms with Crippen LogP contribution < -0.4 is 0 Å². The molecule has 0 aromatic carbocycles. The van der Waals surface area contributed by atoms with Crippen molar-refractivity contribution in [2.24, 2.45) is 0 Å². The summed E-state index contributed by atoms with van der Waals surface area (Å²) >= 11 is 4.81. The van der Waals surface area contributed by atoms with E-state index in [4.69, 9.17) is 9.47 Å². The topological polar surface area (TPSA) is 82.6 Å². The van der Waals surface area contributed by atoms with Gasteiger partial charge in [0.1, 0.15) is 24.4 Å². The predicted octanol–water partition coefficient (Wildman–Crippen LogP) is 4.07. The van der Waals surface area contributed by atoms with E-state index in [2.05, 4.69) is 32.8 Å². The second kappa shape index (κ2) is 11.8. The number of Topliss-reactive ketones (excluding diaryl/α,β-unsaturated/α-hetero) is 1. The van der Waals surface area contributed by atoms with Crippen LogP contribution >= 0.6 is 27.3 Å². The lowest BCUT2D eigenvalue weighted by molar-refractivity contribution is -0.150. The summed E-state index contributed by atoms with van der Waals surface area (Å²) < 4.78 is 11.6. The summed E-state index contributed by atoms with van der Waals surface area (Å²) in [5.74, 6) is 3.80. The maximum absolute atomic E-state index is 12.1. The van der Waals surface area contributed by atoms with Gasteiger partial charge in [-0.25, -0.2) is 9.78 Å². The molecule has 2 rings (SSSR count). The van der Waals surface area contributed by atoms with Gasteiger partial charge in [0.2, 0.25) is 0 Å². The Labute approximate surface area is 188 Å². The third-order valence-electron chi connectivity index (χ3n) is 4.09. The molecule has 0 fully saturated rings. The average molecular weight is 494 g/mol. The number of aryl methyl sites for hydroxylation is 1. The van der Waals surface area contributed by atoms with Crippen LogP contribution in [0.25, 0.3) is 0 Å². The maximum atomic E-state index is 12.1. The van der Waals surface area contributed by atoms with Gasteiger partial charge >= 0.3 is 11.9 Å². The van der Waals surface area contributed by atoms with Crippen molar-refractivity contribution >= 4 is 45.0 Å². The zero-order chi connectivity index (χ0) is 22.1. The zero-order valence-corrected chi connectivity index (χ0v) is 19.6. The molecule has 0 saturated carbocycles. The molecular formula is C22H24BrNO5S. The minimum atomic E-state index is -0.631. The lowest BCUT2D eigenvalue weighted by Gasteiger charge is -2.13. The molecule has 30 heavy (non-hydrogen) atoms. The number of ether oxygens (including phenoxy) is 2. The number of carbonyl (C=O) groups excluding carboxylic acids is 3. The summed E-state index contributed by atoms with van der Waals surface area (Å²) in [5.41, 5.74) is 1.62. The number of halogens is 1. The highest BCUT2D eigenvalue weighted by Gasteiger charge is 2.17. The van der Waals surface area contributed by atoms with Gasteiger partial charge in [-0.1, -0.05) is 27.4 Å². The van der Waals surface area contributed by atoms with Crippen molar-refractivity contribution in [1.82, 2.24) is 4.98 Å². The molecule has 0 spiro atoms. The van der Waals surface area contributed by atoms with Gasteiger partial charge in [-0.3, -0.25) is 9.59 Å². The molecule has 0 aliphatic carbocycles. The highest BCUT2D eigenvalue weighted by molar-refractivity contribution is 9.11. The fourth-order valence-corrected chi connectivity index (χ4v) is 4.01. The minimum absolute atomic E-state index is 0.178. The Balaban J connectivity index is 2.23. The van der Waals surface area contributed by atoms with Gasteiger partial charge in [0.05, 0.1) is 10.7 Å². The summed E-state index contributed by atoms with van der Waals surface area (Å²) in [6, 6.07) is 0. The van der Waals surface area contributed by atoms with E-state index in [0.717, 1.165) is 20.8 Å². The second-order valence-corrected chi connectivity index (χ2v) is 9.31. The molecule has 1 aliphatic heterocycles. The summed E-state index contributed by atoms with van der Waals surface area (Å²) in [5, 5.41) is 2.66. The molecule has 2 bridgehead atoms. The Morgan fingerprint density at radius 1 is 1.27 bits per heavy atom. The van der Waals surface area contributed by atoms with E-state index >= 15 is 0 Å². The van der Waals surface area contributed by atoms with Crippen LogP contribution in [0.5, 0.6) is 0 Å². The van der Waals surface area contributed by atoms with Gasteiger partial charge in [-0.05, 0) is 43.8 Å². The molecular weight excluding hydrogens is 470 g/mol.